The van der Waals surface area contributed by atoms with E-state index >= 15 is 0 Å². The zero-order valence-electron chi connectivity index (χ0n) is 12.6. The van der Waals surface area contributed by atoms with Gasteiger partial charge in [-0.15, -0.1) is 0 Å². The van der Waals surface area contributed by atoms with E-state index in [1.165, 1.54) is 12.3 Å². The molecule has 0 aliphatic rings. The summed E-state index contributed by atoms with van der Waals surface area (Å²) in [4.78, 5) is 34.9. The van der Waals surface area contributed by atoms with Crippen molar-refractivity contribution in [1.82, 2.24) is 5.16 Å². The molecule has 1 aromatic heterocycles. The van der Waals surface area contributed by atoms with Gasteiger partial charge in [0.15, 0.2) is 18.2 Å². The quantitative estimate of drug-likeness (QED) is 0.620. The van der Waals surface area contributed by atoms with Gasteiger partial charge in [-0.1, -0.05) is 35.0 Å². The van der Waals surface area contributed by atoms with Crippen molar-refractivity contribution in [3.63, 3.8) is 0 Å². The number of benzene rings is 1. The maximum atomic E-state index is 11.9. The highest BCUT2D eigenvalue weighted by Gasteiger charge is 2.12. The van der Waals surface area contributed by atoms with Crippen LogP contribution >= 0.6 is 0 Å². The zero-order valence-corrected chi connectivity index (χ0v) is 12.6. The van der Waals surface area contributed by atoms with Crippen LogP contribution in [0.2, 0.25) is 0 Å². The lowest BCUT2D eigenvalue weighted by Gasteiger charge is -2.04. The summed E-state index contributed by atoms with van der Waals surface area (Å²) in [5, 5.41) is 5.88. The Balaban J connectivity index is 1.69. The number of aromatic nitrogens is 1. The van der Waals surface area contributed by atoms with Crippen molar-refractivity contribution < 1.29 is 23.6 Å². The molecule has 1 aromatic carbocycles. The number of carbonyl (C=O) groups excluding carboxylic acids is 3. The Morgan fingerprint density at radius 1 is 1.13 bits per heavy atom. The lowest BCUT2D eigenvalue weighted by atomic mass is 10.1. The van der Waals surface area contributed by atoms with Gasteiger partial charge in [-0.3, -0.25) is 14.4 Å². The Labute approximate surface area is 132 Å². The minimum absolute atomic E-state index is 0.0345. The van der Waals surface area contributed by atoms with Crippen molar-refractivity contribution in [2.75, 3.05) is 11.9 Å². The van der Waals surface area contributed by atoms with E-state index in [0.717, 1.165) is 5.56 Å². The molecule has 0 saturated carbocycles. The molecule has 0 atom stereocenters. The smallest absolute Gasteiger partial charge is 0.306 e. The van der Waals surface area contributed by atoms with Crippen LogP contribution in [0.25, 0.3) is 0 Å². The molecule has 2 aromatic rings. The van der Waals surface area contributed by atoms with Gasteiger partial charge in [-0.25, -0.2) is 0 Å². The number of esters is 1. The van der Waals surface area contributed by atoms with Crippen molar-refractivity contribution >= 4 is 23.5 Å². The fourth-order valence-electron chi connectivity index (χ4n) is 1.77. The number of hydrogen-bond acceptors (Lipinski definition) is 6. The van der Waals surface area contributed by atoms with Gasteiger partial charge in [-0.05, 0) is 6.92 Å². The molecule has 2 rings (SSSR count). The SMILES string of the molecule is Cc1ccc(C(=O)CCC(=O)OCC(=O)Nc2ccon2)cc1. The topological polar surface area (TPSA) is 98.5 Å². The maximum absolute atomic E-state index is 11.9. The summed E-state index contributed by atoms with van der Waals surface area (Å²) in [6, 6.07) is 8.56. The zero-order chi connectivity index (χ0) is 16.7. The first-order chi connectivity index (χ1) is 11.0. The Kier molecular flexibility index (Phi) is 5.62. The first-order valence-corrected chi connectivity index (χ1v) is 7.00. The Morgan fingerprint density at radius 3 is 2.52 bits per heavy atom. The minimum Gasteiger partial charge on any atom is -0.456 e. The highest BCUT2D eigenvalue weighted by Crippen LogP contribution is 2.08. The number of aryl methyl sites for hydroxylation is 1. The van der Waals surface area contributed by atoms with Crippen molar-refractivity contribution in [2.45, 2.75) is 19.8 Å². The molecule has 0 spiro atoms. The standard InChI is InChI=1S/C16H16N2O5/c1-11-2-4-12(5-3-11)13(19)6-7-16(21)22-10-15(20)17-14-8-9-23-18-14/h2-5,8-9H,6-7,10H2,1H3,(H,17,18,20). The monoisotopic (exact) mass is 316 g/mol. The number of amides is 1. The lowest BCUT2D eigenvalue weighted by molar-refractivity contribution is -0.147. The average Bonchev–Trinajstić information content (AvgIpc) is 3.04. The van der Waals surface area contributed by atoms with E-state index in [2.05, 4.69) is 15.0 Å². The minimum atomic E-state index is -0.610. The van der Waals surface area contributed by atoms with E-state index < -0.39 is 18.5 Å². The van der Waals surface area contributed by atoms with Crippen molar-refractivity contribution in [3.8, 4) is 0 Å². The molecular weight excluding hydrogens is 300 g/mol. The predicted octanol–water partition coefficient (Wildman–Crippen LogP) is 2.13. The van der Waals surface area contributed by atoms with Gasteiger partial charge in [0, 0.05) is 18.1 Å². The van der Waals surface area contributed by atoms with E-state index in [-0.39, 0.29) is 24.4 Å². The Bertz CT molecular complexity index is 677. The van der Waals surface area contributed by atoms with Crippen LogP contribution in [-0.2, 0) is 14.3 Å². The molecule has 0 fully saturated rings. The third-order valence-corrected chi connectivity index (χ3v) is 3.00. The van der Waals surface area contributed by atoms with Gasteiger partial charge in [-0.2, -0.15) is 0 Å². The van der Waals surface area contributed by atoms with E-state index in [1.807, 2.05) is 19.1 Å². The van der Waals surface area contributed by atoms with Gasteiger partial charge < -0.3 is 14.6 Å². The predicted molar refractivity (Wildman–Crippen MR) is 80.8 cm³/mol. The molecule has 120 valence electrons. The fraction of sp³-hybridized carbons (Fsp3) is 0.250. The van der Waals surface area contributed by atoms with Crippen LogP contribution in [0, 0.1) is 6.92 Å². The molecule has 0 aliphatic carbocycles. The molecular formula is C16H16N2O5. The fourth-order valence-corrected chi connectivity index (χ4v) is 1.77. The van der Waals surface area contributed by atoms with Crippen LogP contribution < -0.4 is 5.32 Å². The molecule has 0 radical (unpaired) electrons. The molecule has 7 heteroatoms. The molecule has 1 N–H and O–H groups in total. The summed E-state index contributed by atoms with van der Waals surface area (Å²) in [5.41, 5.74) is 1.60. The van der Waals surface area contributed by atoms with E-state index in [4.69, 9.17) is 4.74 Å². The first-order valence-electron chi connectivity index (χ1n) is 7.00. The van der Waals surface area contributed by atoms with Crippen LogP contribution in [0.1, 0.15) is 28.8 Å². The Morgan fingerprint density at radius 2 is 1.87 bits per heavy atom. The number of nitrogens with zero attached hydrogens (tertiary/aromatic N) is 1. The molecule has 1 amide bonds. The number of rotatable bonds is 7. The van der Waals surface area contributed by atoms with Crippen LogP contribution in [-0.4, -0.2) is 29.4 Å². The molecule has 1 heterocycles. The second-order valence-corrected chi connectivity index (χ2v) is 4.88. The number of nitrogens with one attached hydrogen (secondary N) is 1. The number of hydrogen-bond donors (Lipinski definition) is 1. The summed E-state index contributed by atoms with van der Waals surface area (Å²) < 4.78 is 9.34. The molecule has 23 heavy (non-hydrogen) atoms. The van der Waals surface area contributed by atoms with Gasteiger partial charge in [0.25, 0.3) is 5.91 Å². The molecule has 7 nitrogen and oxygen atoms in total. The normalized spacial score (nSPS) is 10.1. The van der Waals surface area contributed by atoms with Crippen LogP contribution in [0.3, 0.4) is 0 Å². The van der Waals surface area contributed by atoms with Crippen LogP contribution in [0.15, 0.2) is 41.1 Å². The summed E-state index contributed by atoms with van der Waals surface area (Å²) >= 11 is 0. The third-order valence-electron chi connectivity index (χ3n) is 3.00. The van der Waals surface area contributed by atoms with Crippen LogP contribution in [0.5, 0.6) is 0 Å². The first kappa shape index (κ1) is 16.4. The van der Waals surface area contributed by atoms with Gasteiger partial charge >= 0.3 is 5.97 Å². The second-order valence-electron chi connectivity index (χ2n) is 4.88. The lowest BCUT2D eigenvalue weighted by Crippen LogP contribution is -2.21. The summed E-state index contributed by atoms with van der Waals surface area (Å²) in [6.07, 6.45) is 1.26. The van der Waals surface area contributed by atoms with Crippen molar-refractivity contribution in [1.29, 1.82) is 0 Å². The number of carbonyl (C=O) groups is 3. The maximum Gasteiger partial charge on any atom is 0.306 e. The largest absolute Gasteiger partial charge is 0.456 e. The van der Waals surface area contributed by atoms with Gasteiger partial charge in [0.1, 0.15) is 6.26 Å². The van der Waals surface area contributed by atoms with E-state index in [0.29, 0.717) is 5.56 Å². The van der Waals surface area contributed by atoms with Crippen LogP contribution in [0.4, 0.5) is 5.82 Å². The number of ether oxygens (including phenoxy) is 1. The second kappa shape index (κ2) is 7.88. The highest BCUT2D eigenvalue weighted by atomic mass is 16.5. The average molecular weight is 316 g/mol. The summed E-state index contributed by atoms with van der Waals surface area (Å²) in [5.74, 6) is -1.05. The summed E-state index contributed by atoms with van der Waals surface area (Å²) in [6.45, 7) is 1.49. The van der Waals surface area contributed by atoms with E-state index in [9.17, 15) is 14.4 Å². The summed E-state index contributed by atoms with van der Waals surface area (Å²) in [7, 11) is 0. The highest BCUT2D eigenvalue weighted by molar-refractivity contribution is 5.97. The molecule has 0 bridgehead atoms. The number of Topliss-reactive ketones (excluding diaryl/α,β-unsaturated/α-hetero) is 1. The van der Waals surface area contributed by atoms with Crippen molar-refractivity contribution in [3.05, 3.63) is 47.7 Å². The number of anilines is 1. The number of ketones is 1. The molecule has 0 aliphatic heterocycles. The van der Waals surface area contributed by atoms with Gasteiger partial charge in [0.05, 0.1) is 6.42 Å². The molecule has 0 saturated heterocycles. The van der Waals surface area contributed by atoms with E-state index in [1.54, 1.807) is 12.1 Å². The Hall–Kier alpha value is -2.96. The van der Waals surface area contributed by atoms with Crippen molar-refractivity contribution in [2.24, 2.45) is 0 Å². The molecule has 0 unspecified atom stereocenters. The van der Waals surface area contributed by atoms with Gasteiger partial charge in [0.2, 0.25) is 0 Å². The third kappa shape index (κ3) is 5.39.